The molecule has 0 saturated carbocycles. The average molecular weight is 267 g/mol. The highest BCUT2D eigenvalue weighted by Gasteiger charge is 2.43. The molecular formula is C16H29NO2. The highest BCUT2D eigenvalue weighted by molar-refractivity contribution is 5.03. The molecule has 0 aliphatic carbocycles. The molecule has 0 aromatic rings. The van der Waals surface area contributed by atoms with Gasteiger partial charge in [-0.1, -0.05) is 38.3 Å². The summed E-state index contributed by atoms with van der Waals surface area (Å²) in [7, 11) is 0. The topological polar surface area (TPSA) is 21.7 Å². The van der Waals surface area contributed by atoms with E-state index in [-0.39, 0.29) is 5.72 Å². The normalized spacial score (nSPS) is 27.3. The van der Waals surface area contributed by atoms with Crippen LogP contribution in [-0.2, 0) is 9.47 Å². The zero-order chi connectivity index (χ0) is 13.6. The maximum Gasteiger partial charge on any atom is 0.145 e. The van der Waals surface area contributed by atoms with E-state index in [1.165, 1.54) is 25.7 Å². The molecule has 3 nitrogen and oxygen atoms in total. The minimum atomic E-state index is -0.113. The summed E-state index contributed by atoms with van der Waals surface area (Å²) >= 11 is 0. The summed E-state index contributed by atoms with van der Waals surface area (Å²) in [6.45, 7) is 9.10. The number of ether oxygens (including phenoxy) is 2. The first kappa shape index (κ1) is 15.0. The Hall–Kier alpha value is -0.380. The SMILES string of the molecule is CCCC(=CCCC12COCCN1CCO2)CCC. The van der Waals surface area contributed by atoms with E-state index in [4.69, 9.17) is 9.47 Å². The van der Waals surface area contributed by atoms with Crippen molar-refractivity contribution in [1.29, 1.82) is 0 Å². The third-order valence-electron chi connectivity index (χ3n) is 4.25. The number of morpholine rings is 1. The Morgan fingerprint density at radius 1 is 1.16 bits per heavy atom. The molecule has 2 rings (SSSR count). The Morgan fingerprint density at radius 3 is 2.63 bits per heavy atom. The van der Waals surface area contributed by atoms with Crippen LogP contribution in [0.4, 0.5) is 0 Å². The van der Waals surface area contributed by atoms with Crippen LogP contribution in [0.15, 0.2) is 11.6 Å². The molecule has 2 saturated heterocycles. The molecule has 0 aromatic heterocycles. The van der Waals surface area contributed by atoms with Gasteiger partial charge < -0.3 is 9.47 Å². The van der Waals surface area contributed by atoms with Gasteiger partial charge in [-0.15, -0.1) is 0 Å². The molecule has 110 valence electrons. The van der Waals surface area contributed by atoms with Crippen LogP contribution < -0.4 is 0 Å². The highest BCUT2D eigenvalue weighted by Crippen LogP contribution is 2.31. The summed E-state index contributed by atoms with van der Waals surface area (Å²) in [4.78, 5) is 2.48. The molecule has 0 N–H and O–H groups in total. The van der Waals surface area contributed by atoms with Crippen LogP contribution in [0.5, 0.6) is 0 Å². The van der Waals surface area contributed by atoms with Gasteiger partial charge in [0.05, 0.1) is 19.8 Å². The van der Waals surface area contributed by atoms with Crippen LogP contribution in [0, 0.1) is 0 Å². The zero-order valence-corrected chi connectivity index (χ0v) is 12.6. The van der Waals surface area contributed by atoms with Gasteiger partial charge in [-0.3, -0.25) is 4.90 Å². The summed E-state index contributed by atoms with van der Waals surface area (Å²) in [6.07, 6.45) is 9.66. The average Bonchev–Trinajstić information content (AvgIpc) is 2.83. The molecule has 0 aromatic carbocycles. The summed E-state index contributed by atoms with van der Waals surface area (Å²) in [5, 5.41) is 0. The second-order valence-corrected chi connectivity index (χ2v) is 5.74. The zero-order valence-electron chi connectivity index (χ0n) is 12.6. The first-order valence-electron chi connectivity index (χ1n) is 7.95. The fourth-order valence-electron chi connectivity index (χ4n) is 3.27. The van der Waals surface area contributed by atoms with E-state index in [2.05, 4.69) is 24.8 Å². The standard InChI is InChI=1S/C16H29NO2/c1-3-6-15(7-4-2)8-5-9-16-14-18-12-10-17(16)11-13-19-16/h8H,3-7,9-14H2,1-2H3. The lowest BCUT2D eigenvalue weighted by Crippen LogP contribution is -2.53. The molecule has 1 unspecified atom stereocenters. The second kappa shape index (κ2) is 7.41. The number of allylic oxidation sites excluding steroid dienone is 2. The van der Waals surface area contributed by atoms with E-state index >= 15 is 0 Å². The van der Waals surface area contributed by atoms with E-state index in [0.29, 0.717) is 0 Å². The van der Waals surface area contributed by atoms with Crippen LogP contribution in [0.3, 0.4) is 0 Å². The first-order chi connectivity index (χ1) is 9.30. The van der Waals surface area contributed by atoms with Crippen molar-refractivity contribution in [3.63, 3.8) is 0 Å². The van der Waals surface area contributed by atoms with Crippen molar-refractivity contribution in [2.75, 3.05) is 32.9 Å². The van der Waals surface area contributed by atoms with Gasteiger partial charge in [0.2, 0.25) is 0 Å². The molecule has 0 radical (unpaired) electrons. The number of rotatable bonds is 7. The maximum absolute atomic E-state index is 6.02. The summed E-state index contributed by atoms with van der Waals surface area (Å²) in [5.74, 6) is 0. The number of hydrogen-bond donors (Lipinski definition) is 0. The van der Waals surface area contributed by atoms with Crippen molar-refractivity contribution >= 4 is 0 Å². The van der Waals surface area contributed by atoms with Crippen molar-refractivity contribution in [3.8, 4) is 0 Å². The molecule has 0 spiro atoms. The Morgan fingerprint density at radius 2 is 1.89 bits per heavy atom. The van der Waals surface area contributed by atoms with Gasteiger partial charge in [-0.25, -0.2) is 0 Å². The van der Waals surface area contributed by atoms with Gasteiger partial charge in [-0.05, 0) is 25.7 Å². The monoisotopic (exact) mass is 267 g/mol. The predicted octanol–water partition coefficient (Wildman–Crippen LogP) is 3.35. The van der Waals surface area contributed by atoms with Crippen molar-refractivity contribution < 1.29 is 9.47 Å². The molecule has 3 heteroatoms. The maximum atomic E-state index is 6.02. The predicted molar refractivity (Wildman–Crippen MR) is 78.2 cm³/mol. The summed E-state index contributed by atoms with van der Waals surface area (Å²) in [5.41, 5.74) is 1.51. The Bertz CT molecular complexity index is 295. The van der Waals surface area contributed by atoms with Crippen LogP contribution in [0.1, 0.15) is 52.4 Å². The molecule has 19 heavy (non-hydrogen) atoms. The Kier molecular flexibility index (Phi) is 5.86. The third-order valence-corrected chi connectivity index (χ3v) is 4.25. The number of fused-ring (bicyclic) bond motifs is 1. The highest BCUT2D eigenvalue weighted by atomic mass is 16.6. The second-order valence-electron chi connectivity index (χ2n) is 5.74. The fourth-order valence-corrected chi connectivity index (χ4v) is 3.27. The molecule has 0 amide bonds. The van der Waals surface area contributed by atoms with Crippen molar-refractivity contribution in [2.24, 2.45) is 0 Å². The van der Waals surface area contributed by atoms with E-state index < -0.39 is 0 Å². The number of nitrogens with zero attached hydrogens (tertiary/aromatic N) is 1. The van der Waals surface area contributed by atoms with Crippen molar-refractivity contribution in [3.05, 3.63) is 11.6 Å². The van der Waals surface area contributed by atoms with Gasteiger partial charge >= 0.3 is 0 Å². The van der Waals surface area contributed by atoms with Crippen molar-refractivity contribution in [1.82, 2.24) is 4.90 Å². The quantitative estimate of drug-likeness (QED) is 0.660. The van der Waals surface area contributed by atoms with Crippen LogP contribution >= 0.6 is 0 Å². The molecule has 2 heterocycles. The lowest BCUT2D eigenvalue weighted by Gasteiger charge is -2.40. The Labute approximate surface area is 117 Å². The van der Waals surface area contributed by atoms with E-state index in [1.54, 1.807) is 5.57 Å². The van der Waals surface area contributed by atoms with Gasteiger partial charge in [-0.2, -0.15) is 0 Å². The first-order valence-corrected chi connectivity index (χ1v) is 7.95. The largest absolute Gasteiger partial charge is 0.376 e. The van der Waals surface area contributed by atoms with Gasteiger partial charge in [0, 0.05) is 13.1 Å². The molecule has 2 fully saturated rings. The Balaban J connectivity index is 1.87. The summed E-state index contributed by atoms with van der Waals surface area (Å²) < 4.78 is 11.7. The molecular weight excluding hydrogens is 238 g/mol. The summed E-state index contributed by atoms with van der Waals surface area (Å²) in [6, 6.07) is 0. The van der Waals surface area contributed by atoms with Gasteiger partial charge in [0.25, 0.3) is 0 Å². The fraction of sp³-hybridized carbons (Fsp3) is 0.875. The minimum absolute atomic E-state index is 0.113. The smallest absolute Gasteiger partial charge is 0.145 e. The van der Waals surface area contributed by atoms with Gasteiger partial charge in [0.1, 0.15) is 5.72 Å². The van der Waals surface area contributed by atoms with Crippen LogP contribution in [-0.4, -0.2) is 43.5 Å². The minimum Gasteiger partial charge on any atom is -0.376 e. The van der Waals surface area contributed by atoms with Crippen LogP contribution in [0.2, 0.25) is 0 Å². The molecule has 1 atom stereocenters. The van der Waals surface area contributed by atoms with Crippen LogP contribution in [0.25, 0.3) is 0 Å². The molecule has 2 aliphatic heterocycles. The molecule has 0 bridgehead atoms. The van der Waals surface area contributed by atoms with Gasteiger partial charge in [0.15, 0.2) is 0 Å². The van der Waals surface area contributed by atoms with E-state index in [9.17, 15) is 0 Å². The van der Waals surface area contributed by atoms with Crippen molar-refractivity contribution in [2.45, 2.75) is 58.1 Å². The molecule has 2 aliphatic rings. The lowest BCUT2D eigenvalue weighted by molar-refractivity contribution is -0.168. The van der Waals surface area contributed by atoms with E-state index in [1.807, 2.05) is 0 Å². The van der Waals surface area contributed by atoms with E-state index in [0.717, 1.165) is 45.8 Å². The third kappa shape index (κ3) is 3.80. The lowest BCUT2D eigenvalue weighted by atomic mass is 10.0. The number of hydrogen-bond acceptors (Lipinski definition) is 3.